The highest BCUT2D eigenvalue weighted by molar-refractivity contribution is 5.68. The highest BCUT2D eigenvalue weighted by atomic mass is 19.1. The average molecular weight is 295 g/mol. The Labute approximate surface area is 124 Å². The van der Waals surface area contributed by atoms with Gasteiger partial charge >= 0.3 is 6.09 Å². The molecular formula is C15H22FN3O2. The second kappa shape index (κ2) is 6.39. The summed E-state index contributed by atoms with van der Waals surface area (Å²) in [6, 6.07) is 3.00. The number of hydrogen-bond acceptors (Lipinski definition) is 4. The number of carbonyl (C=O) groups excluding carboxylic acids is 1. The second-order valence-corrected chi connectivity index (χ2v) is 6.18. The SMILES string of the molecule is CC(C)(C)OC(=O)N1CCN(Cc2ncccc2F)CC1. The first-order valence-electron chi connectivity index (χ1n) is 7.15. The number of hydrogen-bond donors (Lipinski definition) is 0. The van der Waals surface area contributed by atoms with E-state index in [1.54, 1.807) is 17.2 Å². The summed E-state index contributed by atoms with van der Waals surface area (Å²) in [4.78, 5) is 19.8. The number of ether oxygens (including phenoxy) is 1. The predicted molar refractivity (Wildman–Crippen MR) is 77.3 cm³/mol. The van der Waals surface area contributed by atoms with Gasteiger partial charge in [0, 0.05) is 38.9 Å². The zero-order chi connectivity index (χ0) is 15.5. The van der Waals surface area contributed by atoms with Gasteiger partial charge < -0.3 is 9.64 Å². The number of pyridine rings is 1. The van der Waals surface area contributed by atoms with E-state index in [4.69, 9.17) is 4.74 Å². The predicted octanol–water partition coefficient (Wildman–Crippen LogP) is 2.27. The van der Waals surface area contributed by atoms with Gasteiger partial charge in [-0.2, -0.15) is 0 Å². The average Bonchev–Trinajstić information content (AvgIpc) is 2.40. The van der Waals surface area contributed by atoms with Crippen LogP contribution in [0, 0.1) is 5.82 Å². The number of amides is 1. The number of aromatic nitrogens is 1. The van der Waals surface area contributed by atoms with Crippen molar-refractivity contribution in [1.82, 2.24) is 14.8 Å². The fourth-order valence-corrected chi connectivity index (χ4v) is 2.16. The van der Waals surface area contributed by atoms with E-state index in [0.29, 0.717) is 38.4 Å². The van der Waals surface area contributed by atoms with Crippen molar-refractivity contribution in [2.75, 3.05) is 26.2 Å². The number of rotatable bonds is 2. The minimum atomic E-state index is -0.481. The minimum Gasteiger partial charge on any atom is -0.444 e. The number of nitrogens with zero attached hydrogens (tertiary/aromatic N) is 3. The lowest BCUT2D eigenvalue weighted by Crippen LogP contribution is -2.49. The van der Waals surface area contributed by atoms with Crippen LogP contribution in [0.3, 0.4) is 0 Å². The highest BCUT2D eigenvalue weighted by Crippen LogP contribution is 2.13. The van der Waals surface area contributed by atoms with Crippen LogP contribution >= 0.6 is 0 Å². The van der Waals surface area contributed by atoms with Crippen LogP contribution in [-0.4, -0.2) is 52.7 Å². The molecule has 116 valence electrons. The molecule has 2 rings (SSSR count). The van der Waals surface area contributed by atoms with E-state index in [0.717, 1.165) is 0 Å². The maximum absolute atomic E-state index is 13.6. The van der Waals surface area contributed by atoms with Crippen LogP contribution < -0.4 is 0 Å². The maximum atomic E-state index is 13.6. The fourth-order valence-electron chi connectivity index (χ4n) is 2.16. The van der Waals surface area contributed by atoms with Gasteiger partial charge in [-0.05, 0) is 32.9 Å². The fraction of sp³-hybridized carbons (Fsp3) is 0.600. The van der Waals surface area contributed by atoms with Crippen LogP contribution in [0.4, 0.5) is 9.18 Å². The molecule has 0 radical (unpaired) electrons. The largest absolute Gasteiger partial charge is 0.444 e. The zero-order valence-corrected chi connectivity index (χ0v) is 12.8. The van der Waals surface area contributed by atoms with Crippen LogP contribution in [0.5, 0.6) is 0 Å². The summed E-state index contributed by atoms with van der Waals surface area (Å²) in [7, 11) is 0. The standard InChI is InChI=1S/C15H22FN3O2/c1-15(2,3)21-14(20)19-9-7-18(8-10-19)11-13-12(16)5-4-6-17-13/h4-6H,7-11H2,1-3H3. The third-order valence-electron chi connectivity index (χ3n) is 3.23. The van der Waals surface area contributed by atoms with E-state index in [-0.39, 0.29) is 11.9 Å². The van der Waals surface area contributed by atoms with Gasteiger partial charge in [-0.25, -0.2) is 9.18 Å². The molecule has 0 aliphatic carbocycles. The zero-order valence-electron chi connectivity index (χ0n) is 12.8. The summed E-state index contributed by atoms with van der Waals surface area (Å²) >= 11 is 0. The second-order valence-electron chi connectivity index (χ2n) is 6.18. The summed E-state index contributed by atoms with van der Waals surface area (Å²) in [6.45, 7) is 8.58. The lowest BCUT2D eigenvalue weighted by atomic mass is 10.2. The van der Waals surface area contributed by atoms with E-state index < -0.39 is 5.60 Å². The third-order valence-corrected chi connectivity index (χ3v) is 3.23. The monoisotopic (exact) mass is 295 g/mol. The van der Waals surface area contributed by atoms with E-state index in [1.807, 2.05) is 20.8 Å². The molecular weight excluding hydrogens is 273 g/mol. The van der Waals surface area contributed by atoms with Gasteiger partial charge in [0.05, 0.1) is 5.69 Å². The molecule has 1 aliphatic rings. The summed E-state index contributed by atoms with van der Waals surface area (Å²) in [5.74, 6) is -0.285. The molecule has 0 bridgehead atoms. The molecule has 0 atom stereocenters. The van der Waals surface area contributed by atoms with Gasteiger partial charge in [0.1, 0.15) is 11.4 Å². The van der Waals surface area contributed by atoms with E-state index in [1.165, 1.54) is 6.07 Å². The van der Waals surface area contributed by atoms with Gasteiger partial charge in [-0.3, -0.25) is 9.88 Å². The molecule has 0 N–H and O–H groups in total. The van der Waals surface area contributed by atoms with Crippen molar-refractivity contribution in [2.24, 2.45) is 0 Å². The molecule has 2 heterocycles. The Morgan fingerprint density at radius 3 is 2.57 bits per heavy atom. The molecule has 1 fully saturated rings. The Morgan fingerprint density at radius 2 is 2.00 bits per heavy atom. The van der Waals surface area contributed by atoms with Crippen molar-refractivity contribution in [3.63, 3.8) is 0 Å². The number of carbonyl (C=O) groups is 1. The normalized spacial score (nSPS) is 16.9. The molecule has 1 aliphatic heterocycles. The van der Waals surface area contributed by atoms with Crippen LogP contribution in [-0.2, 0) is 11.3 Å². The minimum absolute atomic E-state index is 0.285. The Kier molecular flexibility index (Phi) is 4.77. The van der Waals surface area contributed by atoms with Gasteiger partial charge in [0.25, 0.3) is 0 Å². The van der Waals surface area contributed by atoms with Crippen LogP contribution in [0.1, 0.15) is 26.5 Å². The molecule has 1 amide bonds. The maximum Gasteiger partial charge on any atom is 0.410 e. The molecule has 0 saturated carbocycles. The van der Waals surface area contributed by atoms with Crippen molar-refractivity contribution in [3.8, 4) is 0 Å². The molecule has 0 spiro atoms. The quantitative estimate of drug-likeness (QED) is 0.839. The molecule has 21 heavy (non-hydrogen) atoms. The summed E-state index contributed by atoms with van der Waals surface area (Å²) in [5.41, 5.74) is -0.0334. The molecule has 6 heteroatoms. The Bertz CT molecular complexity index is 494. The van der Waals surface area contributed by atoms with E-state index in [9.17, 15) is 9.18 Å². The first-order valence-corrected chi connectivity index (χ1v) is 7.15. The smallest absolute Gasteiger partial charge is 0.410 e. The van der Waals surface area contributed by atoms with Crippen LogP contribution in [0.15, 0.2) is 18.3 Å². The molecule has 5 nitrogen and oxygen atoms in total. The van der Waals surface area contributed by atoms with E-state index >= 15 is 0 Å². The van der Waals surface area contributed by atoms with Gasteiger partial charge in [-0.1, -0.05) is 0 Å². The topological polar surface area (TPSA) is 45.7 Å². The lowest BCUT2D eigenvalue weighted by molar-refractivity contribution is 0.0137. The van der Waals surface area contributed by atoms with Crippen molar-refractivity contribution in [2.45, 2.75) is 32.9 Å². The Hall–Kier alpha value is -1.69. The van der Waals surface area contributed by atoms with Crippen LogP contribution in [0.25, 0.3) is 0 Å². The van der Waals surface area contributed by atoms with Gasteiger partial charge in [0.15, 0.2) is 0 Å². The molecule has 0 unspecified atom stereocenters. The summed E-state index contributed by atoms with van der Waals surface area (Å²) in [5, 5.41) is 0. The summed E-state index contributed by atoms with van der Waals surface area (Å²) < 4.78 is 18.9. The number of piperazine rings is 1. The molecule has 1 aromatic rings. The lowest BCUT2D eigenvalue weighted by Gasteiger charge is -2.35. The molecule has 0 aromatic carbocycles. The number of halogens is 1. The third kappa shape index (κ3) is 4.67. The van der Waals surface area contributed by atoms with Crippen molar-refractivity contribution >= 4 is 6.09 Å². The van der Waals surface area contributed by atoms with Crippen molar-refractivity contribution in [3.05, 3.63) is 29.8 Å². The van der Waals surface area contributed by atoms with Crippen molar-refractivity contribution in [1.29, 1.82) is 0 Å². The van der Waals surface area contributed by atoms with Crippen LogP contribution in [0.2, 0.25) is 0 Å². The van der Waals surface area contributed by atoms with Gasteiger partial charge in [0.2, 0.25) is 0 Å². The van der Waals surface area contributed by atoms with Crippen molar-refractivity contribution < 1.29 is 13.9 Å². The first kappa shape index (κ1) is 15.7. The first-order chi connectivity index (χ1) is 9.85. The highest BCUT2D eigenvalue weighted by Gasteiger charge is 2.26. The Balaban J connectivity index is 1.83. The van der Waals surface area contributed by atoms with Gasteiger partial charge in [-0.15, -0.1) is 0 Å². The molecule has 1 aromatic heterocycles. The molecule has 1 saturated heterocycles. The summed E-state index contributed by atoms with van der Waals surface area (Å²) in [6.07, 6.45) is 1.31. The Morgan fingerprint density at radius 1 is 1.33 bits per heavy atom. The van der Waals surface area contributed by atoms with E-state index in [2.05, 4.69) is 9.88 Å².